The number of halogens is 1. The van der Waals surface area contributed by atoms with E-state index >= 15 is 0 Å². The molecule has 7 heteroatoms. The summed E-state index contributed by atoms with van der Waals surface area (Å²) in [5.74, 6) is 0. The van der Waals surface area contributed by atoms with Crippen LogP contribution in [-0.4, -0.2) is 14.5 Å². The standard InChI is InChI=1S/C9H8ClN3O2S/c1-5-6(16-4-11-5)3-13-8(14)2-7(10)12-9(13)15/h2,4H,3H2,1H3,(H,12,15). The molecule has 0 saturated carbocycles. The second kappa shape index (κ2) is 4.23. The van der Waals surface area contributed by atoms with Crippen LogP contribution in [0.25, 0.3) is 0 Å². The molecule has 0 spiro atoms. The Bertz CT molecular complexity index is 597. The summed E-state index contributed by atoms with van der Waals surface area (Å²) in [5, 5.41) is 0.0484. The van der Waals surface area contributed by atoms with E-state index in [9.17, 15) is 9.59 Å². The van der Waals surface area contributed by atoms with Gasteiger partial charge in [-0.25, -0.2) is 9.78 Å². The van der Waals surface area contributed by atoms with Crippen molar-refractivity contribution in [1.29, 1.82) is 0 Å². The van der Waals surface area contributed by atoms with Crippen molar-refractivity contribution in [3.63, 3.8) is 0 Å². The van der Waals surface area contributed by atoms with E-state index in [0.717, 1.165) is 15.1 Å². The zero-order chi connectivity index (χ0) is 11.7. The average molecular weight is 258 g/mol. The minimum Gasteiger partial charge on any atom is -0.298 e. The molecule has 0 unspecified atom stereocenters. The van der Waals surface area contributed by atoms with E-state index in [1.807, 2.05) is 6.92 Å². The van der Waals surface area contributed by atoms with Crippen LogP contribution < -0.4 is 11.2 Å². The molecule has 0 radical (unpaired) electrons. The molecule has 5 nitrogen and oxygen atoms in total. The maximum atomic E-state index is 11.5. The van der Waals surface area contributed by atoms with Crippen molar-refractivity contribution < 1.29 is 0 Å². The Morgan fingerprint density at radius 3 is 2.88 bits per heavy atom. The summed E-state index contributed by atoms with van der Waals surface area (Å²) in [6.45, 7) is 2.06. The molecular weight excluding hydrogens is 250 g/mol. The molecule has 0 bridgehead atoms. The maximum Gasteiger partial charge on any atom is 0.329 e. The molecule has 0 aliphatic carbocycles. The first-order valence-corrected chi connectivity index (χ1v) is 5.72. The highest BCUT2D eigenvalue weighted by Gasteiger charge is 2.07. The Kier molecular flexibility index (Phi) is 2.93. The number of aromatic nitrogens is 3. The molecule has 2 aromatic heterocycles. The topological polar surface area (TPSA) is 67.8 Å². The SMILES string of the molecule is Cc1ncsc1Cn1c(=O)cc(Cl)[nH]c1=O. The van der Waals surface area contributed by atoms with Gasteiger partial charge in [-0.2, -0.15) is 0 Å². The van der Waals surface area contributed by atoms with Gasteiger partial charge in [-0.1, -0.05) is 11.6 Å². The molecule has 0 saturated heterocycles. The van der Waals surface area contributed by atoms with E-state index in [4.69, 9.17) is 11.6 Å². The summed E-state index contributed by atoms with van der Waals surface area (Å²) in [5.41, 5.74) is 1.58. The highest BCUT2D eigenvalue weighted by Crippen LogP contribution is 2.12. The monoisotopic (exact) mass is 257 g/mol. The van der Waals surface area contributed by atoms with Crippen molar-refractivity contribution in [2.75, 3.05) is 0 Å². The van der Waals surface area contributed by atoms with Crippen LogP contribution in [0.15, 0.2) is 21.2 Å². The lowest BCUT2D eigenvalue weighted by Gasteiger charge is -2.02. The van der Waals surface area contributed by atoms with Gasteiger partial charge < -0.3 is 0 Å². The van der Waals surface area contributed by atoms with Crippen LogP contribution >= 0.6 is 22.9 Å². The van der Waals surface area contributed by atoms with Crippen LogP contribution in [0.2, 0.25) is 5.15 Å². The highest BCUT2D eigenvalue weighted by molar-refractivity contribution is 7.09. The van der Waals surface area contributed by atoms with Gasteiger partial charge in [-0.15, -0.1) is 11.3 Å². The Morgan fingerprint density at radius 2 is 2.31 bits per heavy atom. The van der Waals surface area contributed by atoms with Gasteiger partial charge in [-0.3, -0.25) is 14.3 Å². The summed E-state index contributed by atoms with van der Waals surface area (Å²) in [6.07, 6.45) is 0. The van der Waals surface area contributed by atoms with Crippen molar-refractivity contribution >= 4 is 22.9 Å². The lowest BCUT2D eigenvalue weighted by molar-refractivity contribution is 0.703. The summed E-state index contributed by atoms with van der Waals surface area (Å²) in [7, 11) is 0. The summed E-state index contributed by atoms with van der Waals surface area (Å²) in [4.78, 5) is 30.4. The van der Waals surface area contributed by atoms with Gasteiger partial charge in [0.05, 0.1) is 17.7 Å². The van der Waals surface area contributed by atoms with Gasteiger partial charge in [0.2, 0.25) is 0 Å². The smallest absolute Gasteiger partial charge is 0.298 e. The average Bonchev–Trinajstić information content (AvgIpc) is 2.57. The van der Waals surface area contributed by atoms with E-state index in [1.54, 1.807) is 5.51 Å². The van der Waals surface area contributed by atoms with Crippen molar-refractivity contribution in [2.45, 2.75) is 13.5 Å². The van der Waals surface area contributed by atoms with Crippen LogP contribution in [-0.2, 0) is 6.54 Å². The quantitative estimate of drug-likeness (QED) is 0.817. The first-order valence-electron chi connectivity index (χ1n) is 4.46. The Morgan fingerprint density at radius 1 is 1.56 bits per heavy atom. The van der Waals surface area contributed by atoms with Gasteiger partial charge in [-0.05, 0) is 6.92 Å². The molecule has 2 aromatic rings. The molecule has 2 rings (SSSR count). The summed E-state index contributed by atoms with van der Waals surface area (Å²) < 4.78 is 1.09. The number of thiazole rings is 1. The molecule has 16 heavy (non-hydrogen) atoms. The van der Waals surface area contributed by atoms with Gasteiger partial charge in [0.1, 0.15) is 5.15 Å². The number of nitrogens with zero attached hydrogens (tertiary/aromatic N) is 2. The van der Waals surface area contributed by atoms with Crippen LogP contribution in [0.3, 0.4) is 0 Å². The third-order valence-corrected chi connectivity index (χ3v) is 3.26. The fourth-order valence-corrected chi connectivity index (χ4v) is 2.20. The van der Waals surface area contributed by atoms with Crippen LogP contribution in [0.4, 0.5) is 0 Å². The van der Waals surface area contributed by atoms with Crippen LogP contribution in [0.1, 0.15) is 10.6 Å². The second-order valence-corrected chi connectivity index (χ2v) is 4.55. The molecule has 2 heterocycles. The molecule has 0 aromatic carbocycles. The minimum atomic E-state index is -0.509. The molecule has 0 aliphatic rings. The lowest BCUT2D eigenvalue weighted by Crippen LogP contribution is -2.34. The molecule has 1 N–H and O–H groups in total. The fourth-order valence-electron chi connectivity index (χ4n) is 1.26. The van der Waals surface area contributed by atoms with E-state index in [1.165, 1.54) is 17.4 Å². The van der Waals surface area contributed by atoms with Crippen molar-refractivity contribution in [1.82, 2.24) is 14.5 Å². The van der Waals surface area contributed by atoms with Crippen molar-refractivity contribution in [2.24, 2.45) is 0 Å². The van der Waals surface area contributed by atoms with Gasteiger partial charge in [0.15, 0.2) is 0 Å². The first-order chi connectivity index (χ1) is 7.58. The van der Waals surface area contributed by atoms with Crippen molar-refractivity contribution in [3.05, 3.63) is 48.1 Å². The Hall–Kier alpha value is -1.40. The second-order valence-electron chi connectivity index (χ2n) is 3.21. The zero-order valence-electron chi connectivity index (χ0n) is 8.36. The number of aryl methyl sites for hydroxylation is 1. The summed E-state index contributed by atoms with van der Waals surface area (Å²) in [6, 6.07) is 1.18. The number of H-pyrrole nitrogens is 1. The first kappa shape index (κ1) is 11.1. The largest absolute Gasteiger partial charge is 0.329 e. The third kappa shape index (κ3) is 2.07. The van der Waals surface area contributed by atoms with Gasteiger partial charge >= 0.3 is 5.69 Å². The van der Waals surface area contributed by atoms with Gasteiger partial charge in [0.25, 0.3) is 5.56 Å². The molecular formula is C9H8ClN3O2S. The molecule has 0 aliphatic heterocycles. The molecule has 0 fully saturated rings. The zero-order valence-corrected chi connectivity index (χ0v) is 9.93. The predicted octanol–water partition coefficient (Wildman–Crippen LogP) is 1.00. The third-order valence-electron chi connectivity index (χ3n) is 2.13. The number of hydrogen-bond donors (Lipinski definition) is 1. The summed E-state index contributed by atoms with van der Waals surface area (Å²) >= 11 is 6.97. The van der Waals surface area contributed by atoms with Gasteiger partial charge in [0, 0.05) is 10.9 Å². The van der Waals surface area contributed by atoms with E-state index in [0.29, 0.717) is 0 Å². The number of hydrogen-bond acceptors (Lipinski definition) is 4. The van der Waals surface area contributed by atoms with Crippen LogP contribution in [0.5, 0.6) is 0 Å². The Balaban J connectivity index is 2.47. The lowest BCUT2D eigenvalue weighted by atomic mass is 10.4. The molecule has 0 amide bonds. The predicted molar refractivity (Wildman–Crippen MR) is 62.3 cm³/mol. The number of rotatable bonds is 2. The van der Waals surface area contributed by atoms with Crippen LogP contribution in [0, 0.1) is 6.92 Å². The number of aromatic amines is 1. The number of nitrogens with one attached hydrogen (secondary N) is 1. The van der Waals surface area contributed by atoms with E-state index in [-0.39, 0.29) is 11.7 Å². The minimum absolute atomic E-state index is 0.0484. The van der Waals surface area contributed by atoms with E-state index in [2.05, 4.69) is 9.97 Å². The van der Waals surface area contributed by atoms with Crippen molar-refractivity contribution in [3.8, 4) is 0 Å². The van der Waals surface area contributed by atoms with E-state index < -0.39 is 11.2 Å². The highest BCUT2D eigenvalue weighted by atomic mass is 35.5. The Labute approximate surface area is 99.4 Å². The normalized spacial score (nSPS) is 10.6. The fraction of sp³-hybridized carbons (Fsp3) is 0.222. The molecule has 84 valence electrons. The maximum absolute atomic E-state index is 11.5. The molecule has 0 atom stereocenters.